The molecule has 0 amide bonds. The Morgan fingerprint density at radius 3 is 2.54 bits per heavy atom. The average Bonchev–Trinajstić information content (AvgIpc) is 3.69. The molecule has 3 aromatic rings. The van der Waals surface area contributed by atoms with E-state index in [1.54, 1.807) is 6.07 Å². The molecule has 1 aliphatic carbocycles. The minimum absolute atomic E-state index is 0.123. The van der Waals surface area contributed by atoms with Crippen molar-refractivity contribution in [2.24, 2.45) is 5.92 Å². The molecule has 5 nitrogen and oxygen atoms in total. The van der Waals surface area contributed by atoms with E-state index < -0.39 is 6.04 Å². The molecule has 35 heavy (non-hydrogen) atoms. The van der Waals surface area contributed by atoms with Crippen LogP contribution in [0, 0.1) is 5.92 Å². The molecule has 0 heterocycles. The summed E-state index contributed by atoms with van der Waals surface area (Å²) < 4.78 is 13.2. The van der Waals surface area contributed by atoms with Gasteiger partial charge in [0.2, 0.25) is 0 Å². The fourth-order valence-corrected chi connectivity index (χ4v) is 4.56. The van der Waals surface area contributed by atoms with Gasteiger partial charge < -0.3 is 19.9 Å². The zero-order valence-corrected chi connectivity index (χ0v) is 21.9. The second-order valence-corrected chi connectivity index (χ2v) is 10.0. The molecule has 0 saturated heterocycles. The van der Waals surface area contributed by atoms with Crippen LogP contribution in [-0.4, -0.2) is 30.1 Å². The fourth-order valence-electron chi connectivity index (χ4n) is 3.71. The highest BCUT2D eigenvalue weighted by Crippen LogP contribution is 2.37. The van der Waals surface area contributed by atoms with Crippen molar-refractivity contribution in [1.29, 1.82) is 0 Å². The van der Waals surface area contributed by atoms with Crippen LogP contribution in [0.3, 0.4) is 0 Å². The van der Waals surface area contributed by atoms with Crippen LogP contribution in [0.2, 0.25) is 5.02 Å². The quantitative estimate of drug-likeness (QED) is 0.278. The molecule has 0 aliphatic heterocycles. The zero-order chi connectivity index (χ0) is 24.8. The smallest absolute Gasteiger partial charge is 0.149 e. The molecule has 7 heteroatoms. The van der Waals surface area contributed by atoms with E-state index in [4.69, 9.17) is 21.1 Å². The van der Waals surface area contributed by atoms with Crippen molar-refractivity contribution in [2.75, 3.05) is 13.2 Å². The number of aliphatic hydroxyl groups excluding tert-OH is 1. The van der Waals surface area contributed by atoms with E-state index in [1.165, 1.54) is 19.8 Å². The highest BCUT2D eigenvalue weighted by atomic mass is 79.9. The van der Waals surface area contributed by atoms with Crippen molar-refractivity contribution in [3.05, 3.63) is 81.3 Å². The van der Waals surface area contributed by atoms with Gasteiger partial charge in [0.05, 0.1) is 24.3 Å². The zero-order valence-electron chi connectivity index (χ0n) is 19.6. The van der Waals surface area contributed by atoms with Crippen molar-refractivity contribution in [3.8, 4) is 22.6 Å². The molecular formula is C28H29BrClNO4. The van der Waals surface area contributed by atoms with Crippen LogP contribution >= 0.6 is 27.5 Å². The molecular weight excluding hydrogens is 530 g/mol. The summed E-state index contributed by atoms with van der Waals surface area (Å²) in [5.74, 6) is 1.65. The number of ether oxygens (including phenoxy) is 2. The van der Waals surface area contributed by atoms with Gasteiger partial charge >= 0.3 is 0 Å². The molecule has 1 atom stereocenters. The summed E-state index contributed by atoms with van der Waals surface area (Å²) in [5, 5.41) is 13.0. The number of hydrogen-bond acceptors (Lipinski definition) is 5. The van der Waals surface area contributed by atoms with Crippen LogP contribution in [0.1, 0.15) is 30.9 Å². The molecule has 0 radical (unpaired) electrons. The van der Waals surface area contributed by atoms with E-state index in [0.29, 0.717) is 42.2 Å². The number of rotatable bonds is 12. The predicted octanol–water partition coefficient (Wildman–Crippen LogP) is 6.18. The maximum absolute atomic E-state index is 11.7. The Labute approximate surface area is 219 Å². The van der Waals surface area contributed by atoms with Crippen LogP contribution in [-0.2, 0) is 17.9 Å². The molecule has 4 rings (SSSR count). The number of carbonyl (C=O) groups is 1. The van der Waals surface area contributed by atoms with Gasteiger partial charge in [0.25, 0.3) is 0 Å². The Balaban J connectivity index is 1.52. The maximum atomic E-state index is 11.7. The van der Waals surface area contributed by atoms with Gasteiger partial charge in [-0.25, -0.2) is 0 Å². The Bertz CT molecular complexity index is 1170. The summed E-state index contributed by atoms with van der Waals surface area (Å²) in [5.41, 5.74) is 4.03. The van der Waals surface area contributed by atoms with Crippen LogP contribution in [0.15, 0.2) is 65.1 Å². The van der Waals surface area contributed by atoms with Gasteiger partial charge in [-0.05, 0) is 58.8 Å². The van der Waals surface area contributed by atoms with Crippen molar-refractivity contribution >= 4 is 33.3 Å². The van der Waals surface area contributed by atoms with Gasteiger partial charge in [-0.1, -0.05) is 60.1 Å². The summed E-state index contributed by atoms with van der Waals surface area (Å²) in [6, 6.07) is 19.3. The van der Waals surface area contributed by atoms with Crippen LogP contribution < -0.4 is 14.8 Å². The van der Waals surface area contributed by atoms with Crippen LogP contribution in [0.25, 0.3) is 11.1 Å². The van der Waals surface area contributed by atoms with E-state index in [0.717, 1.165) is 26.7 Å². The molecule has 1 saturated carbocycles. The number of benzene rings is 3. The van der Waals surface area contributed by atoms with Gasteiger partial charge in [-0.2, -0.15) is 0 Å². The monoisotopic (exact) mass is 557 g/mol. The molecule has 184 valence electrons. The van der Waals surface area contributed by atoms with E-state index in [-0.39, 0.29) is 12.4 Å². The van der Waals surface area contributed by atoms with E-state index in [2.05, 4.69) is 39.4 Å². The molecule has 0 spiro atoms. The summed E-state index contributed by atoms with van der Waals surface area (Å²) in [6.45, 7) is 2.49. The van der Waals surface area contributed by atoms with E-state index in [1.807, 2.05) is 36.4 Å². The number of aliphatic hydroxyl groups is 1. The Morgan fingerprint density at radius 1 is 1.09 bits per heavy atom. The third-order valence-corrected chi connectivity index (χ3v) is 7.28. The summed E-state index contributed by atoms with van der Waals surface area (Å²) in [7, 11) is 0. The first-order valence-electron chi connectivity index (χ1n) is 11.7. The highest BCUT2D eigenvalue weighted by Gasteiger charge is 2.23. The molecule has 1 fully saturated rings. The second kappa shape index (κ2) is 12.0. The molecule has 0 bridgehead atoms. The third kappa shape index (κ3) is 6.85. The molecule has 3 aromatic carbocycles. The Kier molecular flexibility index (Phi) is 8.84. The van der Waals surface area contributed by atoms with Crippen molar-refractivity contribution in [1.82, 2.24) is 5.32 Å². The van der Waals surface area contributed by atoms with E-state index >= 15 is 0 Å². The molecule has 0 unspecified atom stereocenters. The number of carbonyl (C=O) groups excluding carboxylic acids is 1. The number of Topliss-reactive ketones (excluding diaryl/α,β-unsaturated/α-hetero) is 1. The number of halogens is 2. The normalized spacial score (nSPS) is 13.9. The van der Waals surface area contributed by atoms with Gasteiger partial charge in [0.1, 0.15) is 23.9 Å². The topological polar surface area (TPSA) is 67.8 Å². The molecule has 2 N–H and O–H groups in total. The first-order chi connectivity index (χ1) is 17.0. The largest absolute Gasteiger partial charge is 0.493 e. The van der Waals surface area contributed by atoms with Crippen molar-refractivity contribution in [2.45, 2.75) is 39.0 Å². The average molecular weight is 559 g/mol. The van der Waals surface area contributed by atoms with Gasteiger partial charge in [0, 0.05) is 28.2 Å². The summed E-state index contributed by atoms with van der Waals surface area (Å²) in [6.07, 6.45) is 2.35. The summed E-state index contributed by atoms with van der Waals surface area (Å²) >= 11 is 10.3. The molecule has 1 aliphatic rings. The van der Waals surface area contributed by atoms with Crippen LogP contribution in [0.5, 0.6) is 11.5 Å². The fraction of sp³-hybridized carbons (Fsp3) is 0.321. The van der Waals surface area contributed by atoms with Gasteiger partial charge in [-0.3, -0.25) is 4.79 Å². The second-order valence-electron chi connectivity index (χ2n) is 8.80. The van der Waals surface area contributed by atoms with Gasteiger partial charge in [0.15, 0.2) is 0 Å². The first kappa shape index (κ1) is 25.7. The third-order valence-electron chi connectivity index (χ3n) is 6.05. The standard InChI is InChI=1S/C28H29BrClNO4/c1-18(33)25(15-32)31-14-22-12-24(30)27(13-26(22)34-16-19-10-11-19)35-17-21-8-5-9-23(28(21)29)20-6-3-2-4-7-20/h2-9,12-13,19,25,31-32H,10-11,14-17H2,1H3/t25-/m0/s1. The lowest BCUT2D eigenvalue weighted by molar-refractivity contribution is -0.119. The number of hydrogen-bond donors (Lipinski definition) is 2. The van der Waals surface area contributed by atoms with Gasteiger partial charge in [-0.15, -0.1) is 0 Å². The number of nitrogens with one attached hydrogen (secondary N) is 1. The highest BCUT2D eigenvalue weighted by molar-refractivity contribution is 9.10. The minimum Gasteiger partial charge on any atom is -0.493 e. The van der Waals surface area contributed by atoms with Crippen molar-refractivity contribution in [3.63, 3.8) is 0 Å². The van der Waals surface area contributed by atoms with Crippen molar-refractivity contribution < 1.29 is 19.4 Å². The maximum Gasteiger partial charge on any atom is 0.149 e. The summed E-state index contributed by atoms with van der Waals surface area (Å²) in [4.78, 5) is 11.7. The Morgan fingerprint density at radius 2 is 1.86 bits per heavy atom. The minimum atomic E-state index is -0.629. The van der Waals surface area contributed by atoms with E-state index in [9.17, 15) is 9.90 Å². The lowest BCUT2D eigenvalue weighted by Gasteiger charge is -2.18. The molecule has 0 aromatic heterocycles. The number of ketones is 1. The lowest BCUT2D eigenvalue weighted by atomic mass is 10.0. The SMILES string of the molecule is CC(=O)[C@H](CO)NCc1cc(Cl)c(OCc2cccc(-c3ccccc3)c2Br)cc1OCC1CC1. The first-order valence-corrected chi connectivity index (χ1v) is 12.9. The Hall–Kier alpha value is -2.38. The lowest BCUT2D eigenvalue weighted by Crippen LogP contribution is -2.38. The van der Waals surface area contributed by atoms with Crippen LogP contribution in [0.4, 0.5) is 0 Å². The predicted molar refractivity (Wildman–Crippen MR) is 142 cm³/mol.